The second-order valence-electron chi connectivity index (χ2n) is 2.81. The summed E-state index contributed by atoms with van der Waals surface area (Å²) in [5, 5.41) is 3.28. The second kappa shape index (κ2) is 4.37. The highest BCUT2D eigenvalue weighted by Crippen LogP contribution is 2.09. The third-order valence-corrected chi connectivity index (χ3v) is 2.94. The monoisotopic (exact) mass is 268 g/mol. The van der Waals surface area contributed by atoms with Crippen molar-refractivity contribution in [1.82, 2.24) is 10.2 Å². The van der Waals surface area contributed by atoms with Crippen molar-refractivity contribution in [3.8, 4) is 0 Å². The highest BCUT2D eigenvalue weighted by molar-refractivity contribution is 14.1. The zero-order chi connectivity index (χ0) is 8.27. The molecule has 0 aliphatic carbocycles. The normalized spacial score (nSPS) is 26.9. The van der Waals surface area contributed by atoms with Gasteiger partial charge in [0.2, 0.25) is 0 Å². The lowest BCUT2D eigenvalue weighted by Gasteiger charge is -2.31. The van der Waals surface area contributed by atoms with Crippen LogP contribution in [0.4, 0.5) is 0 Å². The number of nitrogens with one attached hydrogen (secondary N) is 1. The van der Waals surface area contributed by atoms with E-state index in [1.54, 1.807) is 6.92 Å². The maximum Gasteiger partial charge on any atom is 0.143 e. The first kappa shape index (κ1) is 9.41. The van der Waals surface area contributed by atoms with Crippen LogP contribution in [0.1, 0.15) is 6.92 Å². The second-order valence-corrected chi connectivity index (χ2v) is 4.25. The van der Waals surface area contributed by atoms with Crippen molar-refractivity contribution >= 4 is 28.4 Å². The van der Waals surface area contributed by atoms with Crippen LogP contribution in [-0.2, 0) is 4.79 Å². The van der Waals surface area contributed by atoms with Crippen LogP contribution >= 0.6 is 22.6 Å². The molecule has 0 amide bonds. The fourth-order valence-electron chi connectivity index (χ4n) is 1.18. The van der Waals surface area contributed by atoms with Gasteiger partial charge in [-0.15, -0.1) is 0 Å². The summed E-state index contributed by atoms with van der Waals surface area (Å²) in [6.45, 7) is 5.24. The van der Waals surface area contributed by atoms with Crippen LogP contribution in [0.5, 0.6) is 0 Å². The Morgan fingerprint density at radius 1 is 1.82 bits per heavy atom. The molecule has 1 rings (SSSR count). The Kier molecular flexibility index (Phi) is 3.74. The molecule has 3 nitrogen and oxygen atoms in total. The van der Waals surface area contributed by atoms with Gasteiger partial charge in [0.15, 0.2) is 0 Å². The van der Waals surface area contributed by atoms with E-state index in [1.807, 2.05) is 0 Å². The molecule has 0 aromatic heterocycles. The first-order chi connectivity index (χ1) is 5.20. The molecule has 11 heavy (non-hydrogen) atoms. The highest BCUT2D eigenvalue weighted by atomic mass is 127. The minimum atomic E-state index is 0.258. The lowest BCUT2D eigenvalue weighted by atomic mass is 10.3. The molecule has 0 aromatic carbocycles. The van der Waals surface area contributed by atoms with Gasteiger partial charge in [-0.2, -0.15) is 0 Å². The van der Waals surface area contributed by atoms with Crippen LogP contribution in [0.2, 0.25) is 0 Å². The molecule has 1 N–H and O–H groups in total. The van der Waals surface area contributed by atoms with Crippen LogP contribution in [-0.4, -0.2) is 40.9 Å². The van der Waals surface area contributed by atoms with Crippen LogP contribution in [0.15, 0.2) is 0 Å². The number of hydrogen-bond acceptors (Lipinski definition) is 3. The Morgan fingerprint density at radius 2 is 2.55 bits per heavy atom. The fourth-order valence-corrected chi connectivity index (χ4v) is 1.96. The van der Waals surface area contributed by atoms with Crippen molar-refractivity contribution in [3.63, 3.8) is 0 Å². The summed E-state index contributed by atoms with van der Waals surface area (Å²) in [6.07, 6.45) is 0. The van der Waals surface area contributed by atoms with Gasteiger partial charge in [-0.05, 0) is 6.92 Å². The summed E-state index contributed by atoms with van der Waals surface area (Å²) < 4.78 is 0.477. The first-order valence-corrected chi connectivity index (χ1v) is 5.03. The Labute approximate surface area is 80.7 Å². The average Bonchev–Trinajstić information content (AvgIpc) is 1.93. The molecule has 0 radical (unpaired) electrons. The predicted molar refractivity (Wildman–Crippen MR) is 52.9 cm³/mol. The Morgan fingerprint density at radius 3 is 3.09 bits per heavy atom. The van der Waals surface area contributed by atoms with Gasteiger partial charge in [0.25, 0.3) is 0 Å². The number of carbonyl (C=O) groups is 1. The number of piperazine rings is 1. The third kappa shape index (κ3) is 3.04. The minimum absolute atomic E-state index is 0.258. The molecule has 4 heteroatoms. The van der Waals surface area contributed by atoms with Crippen molar-refractivity contribution < 1.29 is 4.79 Å². The lowest BCUT2D eigenvalue weighted by Crippen LogP contribution is -2.49. The highest BCUT2D eigenvalue weighted by Gasteiger charge is 2.19. The fraction of sp³-hybridized carbons (Fsp3) is 0.857. The van der Waals surface area contributed by atoms with Gasteiger partial charge in [0.1, 0.15) is 5.78 Å². The van der Waals surface area contributed by atoms with E-state index in [1.165, 1.54) is 0 Å². The first-order valence-electron chi connectivity index (χ1n) is 3.78. The number of nitrogens with zero attached hydrogens (tertiary/aromatic N) is 1. The van der Waals surface area contributed by atoms with E-state index in [-0.39, 0.29) is 5.78 Å². The largest absolute Gasteiger partial charge is 0.313 e. The Bertz CT molecular complexity index is 151. The molecular formula is C7H13IN2O. The molecular weight excluding hydrogens is 255 g/mol. The third-order valence-electron chi connectivity index (χ3n) is 1.71. The van der Waals surface area contributed by atoms with E-state index >= 15 is 0 Å². The van der Waals surface area contributed by atoms with Crippen molar-refractivity contribution in [2.24, 2.45) is 0 Å². The molecule has 1 aliphatic rings. The van der Waals surface area contributed by atoms with Crippen LogP contribution < -0.4 is 5.32 Å². The summed E-state index contributed by atoms with van der Waals surface area (Å²) >= 11 is 2.36. The number of rotatable bonds is 2. The lowest BCUT2D eigenvalue weighted by molar-refractivity contribution is -0.118. The number of hydrogen-bond donors (Lipinski definition) is 1. The molecule has 1 fully saturated rings. The zero-order valence-electron chi connectivity index (χ0n) is 6.64. The molecule has 0 aromatic rings. The van der Waals surface area contributed by atoms with Gasteiger partial charge < -0.3 is 5.32 Å². The van der Waals surface area contributed by atoms with Gasteiger partial charge in [0, 0.05) is 19.6 Å². The van der Waals surface area contributed by atoms with Crippen molar-refractivity contribution in [1.29, 1.82) is 0 Å². The van der Waals surface area contributed by atoms with E-state index in [2.05, 4.69) is 32.8 Å². The van der Waals surface area contributed by atoms with Crippen LogP contribution in [0, 0.1) is 0 Å². The topological polar surface area (TPSA) is 32.3 Å². The molecule has 1 atom stereocenters. The molecule has 1 heterocycles. The molecule has 1 aliphatic heterocycles. The molecule has 0 bridgehead atoms. The molecule has 0 spiro atoms. The predicted octanol–water partition coefficient (Wildman–Crippen LogP) is 0.242. The van der Waals surface area contributed by atoms with Crippen molar-refractivity contribution in [2.75, 3.05) is 26.2 Å². The van der Waals surface area contributed by atoms with Gasteiger partial charge in [-0.3, -0.25) is 9.69 Å². The molecule has 64 valence electrons. The van der Waals surface area contributed by atoms with Crippen molar-refractivity contribution in [2.45, 2.75) is 11.0 Å². The van der Waals surface area contributed by atoms with E-state index in [9.17, 15) is 4.79 Å². The van der Waals surface area contributed by atoms with Crippen LogP contribution in [0.3, 0.4) is 0 Å². The van der Waals surface area contributed by atoms with Gasteiger partial charge in [-0.25, -0.2) is 0 Å². The molecule has 0 saturated carbocycles. The summed E-state index contributed by atoms with van der Waals surface area (Å²) in [7, 11) is 0. The minimum Gasteiger partial charge on any atom is -0.313 e. The average molecular weight is 268 g/mol. The maximum absolute atomic E-state index is 10.8. The number of Topliss-reactive ketones (excluding diaryl/α,β-unsaturated/α-hetero) is 1. The Hall–Kier alpha value is 0.320. The molecule has 1 unspecified atom stereocenters. The molecule has 1 saturated heterocycles. The maximum atomic E-state index is 10.8. The summed E-state index contributed by atoms with van der Waals surface area (Å²) in [5.74, 6) is 0.258. The number of carbonyl (C=O) groups excluding carboxylic acids is 1. The summed E-state index contributed by atoms with van der Waals surface area (Å²) in [5.41, 5.74) is 0. The van der Waals surface area contributed by atoms with E-state index < -0.39 is 0 Å². The van der Waals surface area contributed by atoms with Gasteiger partial charge in [0.05, 0.1) is 10.6 Å². The smallest absolute Gasteiger partial charge is 0.143 e. The number of ketones is 1. The van der Waals surface area contributed by atoms with Crippen LogP contribution in [0.25, 0.3) is 0 Å². The van der Waals surface area contributed by atoms with Gasteiger partial charge >= 0.3 is 0 Å². The van der Waals surface area contributed by atoms with E-state index in [0.717, 1.165) is 19.6 Å². The van der Waals surface area contributed by atoms with E-state index in [4.69, 9.17) is 0 Å². The Balaban J connectivity index is 2.35. The quantitative estimate of drug-likeness (QED) is 0.442. The number of halogens is 1. The number of alkyl halides is 1. The van der Waals surface area contributed by atoms with E-state index in [0.29, 0.717) is 10.6 Å². The van der Waals surface area contributed by atoms with Crippen molar-refractivity contribution in [3.05, 3.63) is 0 Å². The summed E-state index contributed by atoms with van der Waals surface area (Å²) in [4.78, 5) is 13.0. The van der Waals surface area contributed by atoms with Gasteiger partial charge in [-0.1, -0.05) is 22.6 Å². The standard InChI is InChI=1S/C7H13IN2O/c1-6(11)5-10-3-2-9-4-7(10)8/h7,9H,2-5H2,1H3. The zero-order valence-corrected chi connectivity index (χ0v) is 8.80. The SMILES string of the molecule is CC(=O)CN1CCNCC1I. The summed E-state index contributed by atoms with van der Waals surface area (Å²) in [6, 6.07) is 0.